The van der Waals surface area contributed by atoms with E-state index in [1.165, 1.54) is 0 Å². The molecular formula is C3H9BrMgO. The van der Waals surface area contributed by atoms with E-state index in [2.05, 4.69) is 20.7 Å². The van der Waals surface area contributed by atoms with E-state index in [-0.39, 0.29) is 28.1 Å². The molecule has 0 aliphatic heterocycles. The Bertz CT molecular complexity index is 24.8. The number of ether oxygens (including phenoxy) is 1. The van der Waals surface area contributed by atoms with Crippen LogP contribution in [0.15, 0.2) is 0 Å². The second kappa shape index (κ2) is 6.21. The summed E-state index contributed by atoms with van der Waals surface area (Å²) < 4.78 is 4.67. The first-order valence-corrected chi connectivity index (χ1v) is 2.36. The second-order valence-electron chi connectivity index (χ2n) is 0.779. The summed E-state index contributed by atoms with van der Waals surface area (Å²) in [7, 11) is 1.65. The van der Waals surface area contributed by atoms with Crippen LogP contribution in [0.5, 0.6) is 0 Å². The number of methoxy groups -OCH3 is 1. The van der Waals surface area contributed by atoms with E-state index < -0.39 is 0 Å². The summed E-state index contributed by atoms with van der Waals surface area (Å²) in [5, 5.41) is 0.197. The predicted octanol–water partition coefficient (Wildman–Crippen LogP) is 0.458. The molecule has 0 bridgehead atoms. The van der Waals surface area contributed by atoms with E-state index in [0.717, 1.165) is 0 Å². The molecule has 0 heterocycles. The fourth-order valence-corrected chi connectivity index (χ4v) is 0. The number of rotatable bonds is 1. The molecule has 0 N–H and O–H groups in total. The van der Waals surface area contributed by atoms with Gasteiger partial charge in [-0.2, -0.15) is 0 Å². The lowest BCUT2D eigenvalue weighted by molar-refractivity contribution is 0.193. The van der Waals surface area contributed by atoms with Crippen molar-refractivity contribution in [3.8, 4) is 0 Å². The van der Waals surface area contributed by atoms with Crippen molar-refractivity contribution >= 4 is 39.0 Å². The number of hydrogen-bond acceptors (Lipinski definition) is 1. The van der Waals surface area contributed by atoms with E-state index >= 15 is 0 Å². The quantitative estimate of drug-likeness (QED) is 0.405. The molecule has 36 valence electrons. The number of halogens is 1. The van der Waals surface area contributed by atoms with Crippen LogP contribution in [0, 0.1) is 0 Å². The summed E-state index contributed by atoms with van der Waals surface area (Å²) >= 11 is 3.15. The van der Waals surface area contributed by atoms with Gasteiger partial charge < -0.3 is 4.74 Å². The summed E-state index contributed by atoms with van der Waals surface area (Å²) in [6, 6.07) is 0. The molecule has 0 aromatic rings. The minimum atomic E-state index is 0. The molecule has 0 amide bonds. The first-order chi connectivity index (χ1) is 2.27. The maximum atomic E-state index is 4.67. The van der Waals surface area contributed by atoms with Gasteiger partial charge in [-0.25, -0.2) is 0 Å². The van der Waals surface area contributed by atoms with E-state index in [4.69, 9.17) is 0 Å². The highest BCUT2D eigenvalue weighted by Crippen LogP contribution is 1.93. The fourth-order valence-electron chi connectivity index (χ4n) is 0. The molecule has 1 atom stereocenters. The molecule has 0 fully saturated rings. The minimum Gasteiger partial charge on any atom is -0.371 e. The van der Waals surface area contributed by atoms with Gasteiger partial charge in [-0.1, -0.05) is 15.9 Å². The van der Waals surface area contributed by atoms with Gasteiger partial charge in [0.15, 0.2) is 0 Å². The molecule has 0 saturated carbocycles. The third kappa shape index (κ3) is 8.96. The van der Waals surface area contributed by atoms with Crippen molar-refractivity contribution in [2.75, 3.05) is 7.11 Å². The lowest BCUT2D eigenvalue weighted by Crippen LogP contribution is -1.88. The van der Waals surface area contributed by atoms with E-state index in [1.54, 1.807) is 7.11 Å². The topological polar surface area (TPSA) is 9.23 Å². The fraction of sp³-hybridized carbons (Fsp3) is 1.00. The van der Waals surface area contributed by atoms with Crippen LogP contribution in [0.25, 0.3) is 0 Å². The zero-order valence-electron chi connectivity index (χ0n) is 3.36. The summed E-state index contributed by atoms with van der Waals surface area (Å²) in [5.74, 6) is 0. The van der Waals surface area contributed by atoms with Gasteiger partial charge >= 0.3 is 23.1 Å². The SMILES string of the molecule is COC(C)Br.[MgH2]. The van der Waals surface area contributed by atoms with Gasteiger partial charge in [-0.05, 0) is 6.92 Å². The van der Waals surface area contributed by atoms with Gasteiger partial charge in [-0.15, -0.1) is 0 Å². The molecule has 0 aliphatic rings. The standard InChI is InChI=1S/C3H7BrO.Mg.2H/c1-3(4)5-2;;;/h3H,1-2H3;;;. The average molecular weight is 165 g/mol. The Hall–Kier alpha value is 1.21. The van der Waals surface area contributed by atoms with Crippen LogP contribution >= 0.6 is 15.9 Å². The highest BCUT2D eigenvalue weighted by Gasteiger charge is 1.81. The first-order valence-electron chi connectivity index (χ1n) is 1.44. The molecule has 6 heavy (non-hydrogen) atoms. The van der Waals surface area contributed by atoms with Crippen molar-refractivity contribution in [1.29, 1.82) is 0 Å². The third-order valence-corrected chi connectivity index (χ3v) is 0.699. The molecule has 0 radical (unpaired) electrons. The average Bonchev–Trinajstić information content (AvgIpc) is 1.38. The predicted molar refractivity (Wildman–Crippen MR) is 33.9 cm³/mol. The van der Waals surface area contributed by atoms with Gasteiger partial charge in [0, 0.05) is 7.11 Å². The molecule has 3 heteroatoms. The van der Waals surface area contributed by atoms with Crippen LogP contribution < -0.4 is 0 Å². The van der Waals surface area contributed by atoms with Gasteiger partial charge in [-0.3, -0.25) is 0 Å². The monoisotopic (exact) mass is 164 g/mol. The van der Waals surface area contributed by atoms with Crippen LogP contribution in [-0.2, 0) is 4.74 Å². The number of alkyl halides is 1. The third-order valence-electron chi connectivity index (χ3n) is 0.325. The Morgan fingerprint density at radius 3 is 1.83 bits per heavy atom. The van der Waals surface area contributed by atoms with Crippen LogP contribution in [0.3, 0.4) is 0 Å². The number of hydrogen-bond donors (Lipinski definition) is 0. The summed E-state index contributed by atoms with van der Waals surface area (Å²) in [5.41, 5.74) is 0. The van der Waals surface area contributed by atoms with Gasteiger partial charge in [0.25, 0.3) is 0 Å². The Morgan fingerprint density at radius 1 is 1.67 bits per heavy atom. The Morgan fingerprint density at radius 2 is 1.83 bits per heavy atom. The zero-order chi connectivity index (χ0) is 4.28. The van der Waals surface area contributed by atoms with Crippen molar-refractivity contribution in [3.05, 3.63) is 0 Å². The summed E-state index contributed by atoms with van der Waals surface area (Å²) in [6.45, 7) is 1.92. The van der Waals surface area contributed by atoms with E-state index in [9.17, 15) is 0 Å². The Labute approximate surface area is 62.7 Å². The molecule has 1 unspecified atom stereocenters. The molecule has 0 spiro atoms. The second-order valence-corrected chi connectivity index (χ2v) is 2.07. The lowest BCUT2D eigenvalue weighted by atomic mass is 10.9. The highest BCUT2D eigenvalue weighted by molar-refractivity contribution is 9.09. The Balaban J connectivity index is 0. The van der Waals surface area contributed by atoms with Crippen LogP contribution in [0.4, 0.5) is 0 Å². The van der Waals surface area contributed by atoms with Crippen molar-refractivity contribution in [2.24, 2.45) is 0 Å². The summed E-state index contributed by atoms with van der Waals surface area (Å²) in [6.07, 6.45) is 0. The Kier molecular flexibility index (Phi) is 10.6. The minimum absolute atomic E-state index is 0. The lowest BCUT2D eigenvalue weighted by Gasteiger charge is -1.92. The van der Waals surface area contributed by atoms with Crippen molar-refractivity contribution in [2.45, 2.75) is 11.9 Å². The van der Waals surface area contributed by atoms with Crippen molar-refractivity contribution in [1.82, 2.24) is 0 Å². The van der Waals surface area contributed by atoms with E-state index in [1.807, 2.05) is 6.92 Å². The maximum absolute atomic E-state index is 4.67. The van der Waals surface area contributed by atoms with Crippen LogP contribution in [-0.4, -0.2) is 35.2 Å². The van der Waals surface area contributed by atoms with Gasteiger partial charge in [0.1, 0.15) is 5.01 Å². The highest BCUT2D eigenvalue weighted by atomic mass is 79.9. The zero-order valence-corrected chi connectivity index (χ0v) is 4.95. The first kappa shape index (κ1) is 10.2. The normalized spacial score (nSPS) is 12.5. The van der Waals surface area contributed by atoms with Crippen LogP contribution in [0.1, 0.15) is 6.92 Å². The molecule has 0 aliphatic carbocycles. The molecule has 0 aromatic heterocycles. The molecule has 0 rings (SSSR count). The maximum Gasteiger partial charge on any atom is 0.316 e. The van der Waals surface area contributed by atoms with Crippen molar-refractivity contribution < 1.29 is 4.74 Å². The van der Waals surface area contributed by atoms with Crippen LogP contribution in [0.2, 0.25) is 0 Å². The van der Waals surface area contributed by atoms with Gasteiger partial charge in [0.2, 0.25) is 0 Å². The molecule has 1 nitrogen and oxygen atoms in total. The van der Waals surface area contributed by atoms with Crippen molar-refractivity contribution in [3.63, 3.8) is 0 Å². The largest absolute Gasteiger partial charge is 0.371 e. The molecule has 0 saturated heterocycles. The summed E-state index contributed by atoms with van der Waals surface area (Å²) in [4.78, 5) is 0. The molecular weight excluding hydrogens is 156 g/mol. The molecule has 0 aromatic carbocycles. The van der Waals surface area contributed by atoms with E-state index in [0.29, 0.717) is 0 Å². The smallest absolute Gasteiger partial charge is 0.316 e. The van der Waals surface area contributed by atoms with Gasteiger partial charge in [0.05, 0.1) is 0 Å².